The maximum Gasteiger partial charge on any atom is 0.193 e. The van der Waals surface area contributed by atoms with Gasteiger partial charge in [0.2, 0.25) is 0 Å². The molecule has 4 heteroatoms. The van der Waals surface area contributed by atoms with E-state index in [1.165, 1.54) is 0 Å². The molecule has 0 spiro atoms. The fourth-order valence-corrected chi connectivity index (χ4v) is 2.23. The summed E-state index contributed by atoms with van der Waals surface area (Å²) in [7, 11) is 0. The number of hydrogen-bond acceptors (Lipinski definition) is 3. The van der Waals surface area contributed by atoms with Crippen LogP contribution in [-0.2, 0) is 5.75 Å². The molecule has 2 nitrogen and oxygen atoms in total. The van der Waals surface area contributed by atoms with Crippen molar-refractivity contribution in [2.75, 3.05) is 5.75 Å². The number of halogens is 1. The summed E-state index contributed by atoms with van der Waals surface area (Å²) in [6, 6.07) is 3.62. The van der Waals surface area contributed by atoms with Crippen LogP contribution in [-0.4, -0.2) is 16.5 Å². The molecule has 0 aromatic carbocycles. The molecule has 80 valence electrons. The van der Waals surface area contributed by atoms with Crippen molar-refractivity contribution in [3.8, 4) is 0 Å². The molecule has 1 heterocycles. The molecule has 1 aromatic rings. The van der Waals surface area contributed by atoms with Crippen LogP contribution in [0.1, 0.15) is 26.0 Å². The Morgan fingerprint density at radius 1 is 1.50 bits per heavy atom. The summed E-state index contributed by atoms with van der Waals surface area (Å²) in [6.07, 6.45) is 0.784. The lowest BCUT2D eigenvalue weighted by Gasteiger charge is -2.15. The quantitative estimate of drug-likeness (QED) is 0.794. The first-order valence-electron chi connectivity index (χ1n) is 4.52. The lowest BCUT2D eigenvalue weighted by molar-refractivity contribution is 0.0777. The molecule has 0 aliphatic heterocycles. The Bertz CT molecular complexity index is 278. The average Bonchev–Trinajstić information content (AvgIpc) is 2.44. The van der Waals surface area contributed by atoms with E-state index in [-0.39, 0.29) is 0 Å². The van der Waals surface area contributed by atoms with Crippen molar-refractivity contribution in [2.24, 2.45) is 0 Å². The standard InChI is InChI=1S/C10H15ClO2S/c1-10(2,12)5-6-14-7-8-3-4-9(11)13-8/h3-4,12H,5-7H2,1-2H3. The van der Waals surface area contributed by atoms with E-state index in [2.05, 4.69) is 0 Å². The summed E-state index contributed by atoms with van der Waals surface area (Å²) < 4.78 is 5.20. The topological polar surface area (TPSA) is 33.4 Å². The molecule has 0 aliphatic rings. The van der Waals surface area contributed by atoms with Crippen LogP contribution >= 0.6 is 23.4 Å². The Labute approximate surface area is 93.6 Å². The Morgan fingerprint density at radius 2 is 2.21 bits per heavy atom. The van der Waals surface area contributed by atoms with E-state index in [4.69, 9.17) is 16.0 Å². The van der Waals surface area contributed by atoms with Gasteiger partial charge in [-0.1, -0.05) is 0 Å². The van der Waals surface area contributed by atoms with Crippen molar-refractivity contribution in [1.29, 1.82) is 0 Å². The third-order valence-corrected chi connectivity index (χ3v) is 2.92. The molecule has 0 amide bonds. The average molecular weight is 235 g/mol. The van der Waals surface area contributed by atoms with E-state index in [0.29, 0.717) is 5.22 Å². The molecule has 0 fully saturated rings. The summed E-state index contributed by atoms with van der Waals surface area (Å²) in [5.74, 6) is 2.61. The zero-order valence-electron chi connectivity index (χ0n) is 8.42. The fraction of sp³-hybridized carbons (Fsp3) is 0.600. The summed E-state index contributed by atoms with van der Waals surface area (Å²) in [4.78, 5) is 0. The first kappa shape index (κ1) is 12.0. The highest BCUT2D eigenvalue weighted by molar-refractivity contribution is 7.98. The van der Waals surface area contributed by atoms with Crippen molar-refractivity contribution < 1.29 is 9.52 Å². The fourth-order valence-electron chi connectivity index (χ4n) is 0.924. The molecule has 0 bridgehead atoms. The van der Waals surface area contributed by atoms with Gasteiger partial charge in [-0.2, -0.15) is 11.8 Å². The molecule has 14 heavy (non-hydrogen) atoms. The SMILES string of the molecule is CC(C)(O)CCSCc1ccc(Cl)o1. The van der Waals surface area contributed by atoms with Gasteiger partial charge in [-0.15, -0.1) is 0 Å². The van der Waals surface area contributed by atoms with Gasteiger partial charge in [-0.05, 0) is 49.8 Å². The molecule has 0 saturated heterocycles. The second-order valence-corrected chi connectivity index (χ2v) is 5.30. The van der Waals surface area contributed by atoms with Crippen molar-refractivity contribution in [2.45, 2.75) is 31.6 Å². The van der Waals surface area contributed by atoms with Gasteiger partial charge in [0.15, 0.2) is 5.22 Å². The van der Waals surface area contributed by atoms with Gasteiger partial charge in [0.25, 0.3) is 0 Å². The Hall–Kier alpha value is -0.120. The summed E-state index contributed by atoms with van der Waals surface area (Å²) in [6.45, 7) is 3.63. The van der Waals surface area contributed by atoms with Crippen LogP contribution in [0.4, 0.5) is 0 Å². The minimum atomic E-state index is -0.576. The largest absolute Gasteiger partial charge is 0.449 e. The summed E-state index contributed by atoms with van der Waals surface area (Å²) >= 11 is 7.36. The third kappa shape index (κ3) is 4.94. The molecular formula is C10H15ClO2S. The van der Waals surface area contributed by atoms with Crippen molar-refractivity contribution in [1.82, 2.24) is 0 Å². The van der Waals surface area contributed by atoms with Gasteiger partial charge in [-0.25, -0.2) is 0 Å². The molecule has 1 aromatic heterocycles. The Morgan fingerprint density at radius 3 is 2.71 bits per heavy atom. The van der Waals surface area contributed by atoms with Gasteiger partial charge in [0, 0.05) is 0 Å². The van der Waals surface area contributed by atoms with Crippen molar-refractivity contribution in [3.05, 3.63) is 23.1 Å². The van der Waals surface area contributed by atoms with Crippen LogP contribution in [0.25, 0.3) is 0 Å². The molecular weight excluding hydrogens is 220 g/mol. The predicted molar refractivity (Wildman–Crippen MR) is 60.8 cm³/mol. The van der Waals surface area contributed by atoms with Crippen LogP contribution in [0, 0.1) is 0 Å². The van der Waals surface area contributed by atoms with E-state index < -0.39 is 5.60 Å². The molecule has 1 rings (SSSR count). The normalized spacial score (nSPS) is 12.0. The monoisotopic (exact) mass is 234 g/mol. The van der Waals surface area contributed by atoms with Crippen molar-refractivity contribution >= 4 is 23.4 Å². The second kappa shape index (κ2) is 5.10. The van der Waals surface area contributed by atoms with E-state index in [0.717, 1.165) is 23.7 Å². The van der Waals surface area contributed by atoms with Gasteiger partial charge in [-0.3, -0.25) is 0 Å². The maximum absolute atomic E-state index is 9.46. The molecule has 0 radical (unpaired) electrons. The summed E-state index contributed by atoms with van der Waals surface area (Å²) in [5, 5.41) is 9.89. The van der Waals surface area contributed by atoms with E-state index in [1.807, 2.05) is 19.9 Å². The minimum absolute atomic E-state index is 0.433. The smallest absolute Gasteiger partial charge is 0.193 e. The number of furan rings is 1. The summed E-state index contributed by atoms with van der Waals surface area (Å²) in [5.41, 5.74) is -0.576. The Balaban J connectivity index is 2.16. The van der Waals surface area contributed by atoms with Gasteiger partial charge < -0.3 is 9.52 Å². The zero-order valence-corrected chi connectivity index (χ0v) is 9.99. The van der Waals surface area contributed by atoms with E-state index in [9.17, 15) is 5.11 Å². The van der Waals surface area contributed by atoms with Crippen LogP contribution in [0.5, 0.6) is 0 Å². The first-order valence-corrected chi connectivity index (χ1v) is 6.05. The van der Waals surface area contributed by atoms with Crippen molar-refractivity contribution in [3.63, 3.8) is 0 Å². The van der Waals surface area contributed by atoms with Gasteiger partial charge >= 0.3 is 0 Å². The predicted octanol–water partition coefficient (Wildman–Crippen LogP) is 3.33. The minimum Gasteiger partial charge on any atom is -0.449 e. The first-order chi connectivity index (χ1) is 6.47. The zero-order chi connectivity index (χ0) is 10.6. The molecule has 0 unspecified atom stereocenters. The molecule has 0 atom stereocenters. The highest BCUT2D eigenvalue weighted by Crippen LogP contribution is 2.20. The highest BCUT2D eigenvalue weighted by atomic mass is 35.5. The number of rotatable bonds is 5. The van der Waals surface area contributed by atoms with Crippen LogP contribution in [0.2, 0.25) is 5.22 Å². The van der Waals surface area contributed by atoms with Crippen LogP contribution in [0.15, 0.2) is 16.5 Å². The van der Waals surface area contributed by atoms with Crippen LogP contribution < -0.4 is 0 Å². The number of aliphatic hydroxyl groups is 1. The second-order valence-electron chi connectivity index (χ2n) is 3.82. The maximum atomic E-state index is 9.46. The number of thioether (sulfide) groups is 1. The molecule has 1 N–H and O–H groups in total. The van der Waals surface area contributed by atoms with E-state index in [1.54, 1.807) is 17.8 Å². The molecule has 0 aliphatic carbocycles. The third-order valence-electron chi connectivity index (χ3n) is 1.73. The van der Waals surface area contributed by atoms with Crippen LogP contribution in [0.3, 0.4) is 0 Å². The molecule has 0 saturated carbocycles. The van der Waals surface area contributed by atoms with Gasteiger partial charge in [0.05, 0.1) is 11.4 Å². The van der Waals surface area contributed by atoms with E-state index >= 15 is 0 Å². The lowest BCUT2D eigenvalue weighted by atomic mass is 10.1. The van der Waals surface area contributed by atoms with Gasteiger partial charge in [0.1, 0.15) is 5.76 Å². The lowest BCUT2D eigenvalue weighted by Crippen LogP contribution is -2.19. The highest BCUT2D eigenvalue weighted by Gasteiger charge is 2.11. The Kier molecular flexibility index (Phi) is 4.35. The number of hydrogen-bond donors (Lipinski definition) is 1.